The first kappa shape index (κ1) is 10.5. The summed E-state index contributed by atoms with van der Waals surface area (Å²) in [6.45, 7) is 1.88. The molecule has 1 fully saturated rings. The molecule has 0 amide bonds. The van der Waals surface area contributed by atoms with E-state index in [9.17, 15) is 4.39 Å². The zero-order valence-electron chi connectivity index (χ0n) is 9.28. The molecule has 0 bridgehead atoms. The molecule has 1 aliphatic heterocycles. The molecular weight excluding hydrogens is 223 g/mol. The molecule has 2 aromatic rings. The van der Waals surface area contributed by atoms with Crippen molar-refractivity contribution in [2.24, 2.45) is 0 Å². The molecule has 0 radical (unpaired) electrons. The number of rotatable bonds is 2. The Labute approximate surface area is 97.7 Å². The van der Waals surface area contributed by atoms with Gasteiger partial charge in [0.1, 0.15) is 6.10 Å². The zero-order valence-corrected chi connectivity index (χ0v) is 9.28. The number of halogens is 1. The normalized spacial score (nSPS) is 17.5. The summed E-state index contributed by atoms with van der Waals surface area (Å²) in [5.41, 5.74) is 0.163. The third kappa shape index (κ3) is 1.98. The number of nitrogens with one attached hydrogen (secondary N) is 1. The minimum absolute atomic E-state index is 0.132. The lowest BCUT2D eigenvalue weighted by Crippen LogP contribution is -2.34. The van der Waals surface area contributed by atoms with Crippen LogP contribution in [0.3, 0.4) is 0 Å². The molecule has 1 saturated heterocycles. The Hall–Kier alpha value is -1.62. The highest BCUT2D eigenvalue weighted by molar-refractivity contribution is 5.82. The highest BCUT2D eigenvalue weighted by atomic mass is 19.1. The second-order valence-electron chi connectivity index (χ2n) is 4.17. The first-order chi connectivity index (χ1) is 8.34. The molecule has 0 spiro atoms. The van der Waals surface area contributed by atoms with Crippen LogP contribution in [0, 0.1) is 5.82 Å². The maximum Gasteiger partial charge on any atom is 0.262 e. The van der Waals surface area contributed by atoms with Gasteiger partial charge in [0.15, 0.2) is 5.82 Å². The average Bonchev–Trinajstić information content (AvgIpc) is 2.76. The molecule has 0 unspecified atom stereocenters. The fraction of sp³-hybridized carbons (Fsp3) is 0.417. The Balaban J connectivity index is 1.87. The van der Waals surface area contributed by atoms with Crippen LogP contribution in [0.2, 0.25) is 0 Å². The molecule has 1 N–H and O–H groups in total. The number of fused-ring (bicyclic) bond motifs is 1. The molecule has 1 aromatic heterocycles. The lowest BCUT2D eigenvalue weighted by Gasteiger charge is -2.22. The van der Waals surface area contributed by atoms with E-state index in [1.54, 1.807) is 12.1 Å². The largest absolute Gasteiger partial charge is 0.472 e. The van der Waals surface area contributed by atoms with E-state index in [0.717, 1.165) is 25.9 Å². The third-order valence-corrected chi connectivity index (χ3v) is 2.98. The Kier molecular flexibility index (Phi) is 2.68. The van der Waals surface area contributed by atoms with Crippen LogP contribution in [0.25, 0.3) is 11.0 Å². The third-order valence-electron chi connectivity index (χ3n) is 2.98. The molecule has 2 heterocycles. The number of nitrogens with zero attached hydrogens (tertiary/aromatic N) is 1. The van der Waals surface area contributed by atoms with Crippen molar-refractivity contribution in [2.75, 3.05) is 13.1 Å². The van der Waals surface area contributed by atoms with E-state index in [-0.39, 0.29) is 11.7 Å². The zero-order chi connectivity index (χ0) is 11.7. The smallest absolute Gasteiger partial charge is 0.262 e. The number of benzene rings is 1. The molecule has 3 rings (SSSR count). The first-order valence-corrected chi connectivity index (χ1v) is 5.76. The number of para-hydroxylation sites is 1. The molecule has 4 nitrogen and oxygen atoms in total. The van der Waals surface area contributed by atoms with Crippen LogP contribution in [0.15, 0.2) is 22.7 Å². The van der Waals surface area contributed by atoms with Crippen LogP contribution in [-0.2, 0) is 0 Å². The Morgan fingerprint density at radius 3 is 3.00 bits per heavy atom. The molecular formula is C12H13FN2O2. The lowest BCUT2D eigenvalue weighted by atomic mass is 10.1. The monoisotopic (exact) mass is 236 g/mol. The van der Waals surface area contributed by atoms with Crippen molar-refractivity contribution in [3.63, 3.8) is 0 Å². The maximum absolute atomic E-state index is 13.4. The summed E-state index contributed by atoms with van der Waals surface area (Å²) in [5.74, 6) is -0.0124. The first-order valence-electron chi connectivity index (χ1n) is 5.76. The van der Waals surface area contributed by atoms with Crippen LogP contribution in [0.1, 0.15) is 12.8 Å². The molecule has 5 heteroatoms. The van der Waals surface area contributed by atoms with Crippen LogP contribution in [0.4, 0.5) is 4.39 Å². The van der Waals surface area contributed by atoms with Gasteiger partial charge in [0, 0.05) is 0 Å². The van der Waals surface area contributed by atoms with E-state index in [1.807, 2.05) is 0 Å². The van der Waals surface area contributed by atoms with E-state index >= 15 is 0 Å². The van der Waals surface area contributed by atoms with Crippen molar-refractivity contribution >= 4 is 11.0 Å². The van der Waals surface area contributed by atoms with Crippen molar-refractivity contribution in [1.82, 2.24) is 10.5 Å². The van der Waals surface area contributed by atoms with Gasteiger partial charge in [-0.3, -0.25) is 0 Å². The second kappa shape index (κ2) is 4.33. The van der Waals surface area contributed by atoms with Gasteiger partial charge in [-0.2, -0.15) is 0 Å². The second-order valence-corrected chi connectivity index (χ2v) is 4.17. The van der Waals surface area contributed by atoms with Gasteiger partial charge in [0.25, 0.3) is 5.88 Å². The summed E-state index contributed by atoms with van der Waals surface area (Å²) in [6.07, 6.45) is 2.00. The van der Waals surface area contributed by atoms with E-state index in [2.05, 4.69) is 10.5 Å². The van der Waals surface area contributed by atoms with Crippen molar-refractivity contribution in [3.8, 4) is 5.88 Å². The predicted octanol–water partition coefficient (Wildman–Crippen LogP) is 2.10. The number of piperidine rings is 1. The van der Waals surface area contributed by atoms with Crippen LogP contribution in [-0.4, -0.2) is 24.4 Å². The van der Waals surface area contributed by atoms with Gasteiger partial charge >= 0.3 is 0 Å². The number of aromatic nitrogens is 1. The summed E-state index contributed by atoms with van der Waals surface area (Å²) >= 11 is 0. The molecule has 0 saturated carbocycles. The fourth-order valence-electron chi connectivity index (χ4n) is 2.06. The molecule has 17 heavy (non-hydrogen) atoms. The Bertz CT molecular complexity index is 520. The van der Waals surface area contributed by atoms with Gasteiger partial charge in [-0.05, 0) is 43.2 Å². The van der Waals surface area contributed by atoms with Gasteiger partial charge in [0.05, 0.1) is 5.39 Å². The number of hydrogen-bond acceptors (Lipinski definition) is 4. The van der Waals surface area contributed by atoms with Crippen LogP contribution >= 0.6 is 0 Å². The van der Waals surface area contributed by atoms with Gasteiger partial charge in [0.2, 0.25) is 5.58 Å². The van der Waals surface area contributed by atoms with E-state index in [0.29, 0.717) is 11.3 Å². The van der Waals surface area contributed by atoms with Crippen LogP contribution in [0.5, 0.6) is 5.88 Å². The summed E-state index contributed by atoms with van der Waals surface area (Å²) in [6, 6.07) is 4.73. The van der Waals surface area contributed by atoms with Gasteiger partial charge in [-0.25, -0.2) is 4.39 Å². The molecule has 1 aromatic carbocycles. The average molecular weight is 236 g/mol. The van der Waals surface area contributed by atoms with Crippen molar-refractivity contribution in [1.29, 1.82) is 0 Å². The van der Waals surface area contributed by atoms with Gasteiger partial charge in [-0.1, -0.05) is 6.07 Å². The Morgan fingerprint density at radius 1 is 1.35 bits per heavy atom. The quantitative estimate of drug-likeness (QED) is 0.867. The highest BCUT2D eigenvalue weighted by Crippen LogP contribution is 2.28. The lowest BCUT2D eigenvalue weighted by molar-refractivity contribution is 0.151. The summed E-state index contributed by atoms with van der Waals surface area (Å²) < 4.78 is 24.1. The molecule has 0 aliphatic carbocycles. The predicted molar refractivity (Wildman–Crippen MR) is 60.5 cm³/mol. The maximum atomic E-state index is 13.4. The van der Waals surface area contributed by atoms with Crippen molar-refractivity contribution in [2.45, 2.75) is 18.9 Å². The van der Waals surface area contributed by atoms with E-state index in [1.165, 1.54) is 6.07 Å². The van der Waals surface area contributed by atoms with Gasteiger partial charge in [-0.15, -0.1) is 0 Å². The summed E-state index contributed by atoms with van der Waals surface area (Å²) in [5, 5.41) is 7.65. The standard InChI is InChI=1S/C12H13FN2O2/c13-10-3-1-2-9-11(10)17-15-12(9)16-8-4-6-14-7-5-8/h1-3,8,14H,4-7H2. The summed E-state index contributed by atoms with van der Waals surface area (Å²) in [7, 11) is 0. The van der Waals surface area contributed by atoms with Crippen molar-refractivity contribution in [3.05, 3.63) is 24.0 Å². The minimum atomic E-state index is -0.407. The van der Waals surface area contributed by atoms with E-state index in [4.69, 9.17) is 9.26 Å². The Morgan fingerprint density at radius 2 is 2.18 bits per heavy atom. The minimum Gasteiger partial charge on any atom is -0.472 e. The van der Waals surface area contributed by atoms with Crippen molar-refractivity contribution < 1.29 is 13.7 Å². The van der Waals surface area contributed by atoms with Crippen LogP contribution < -0.4 is 10.1 Å². The molecule has 0 atom stereocenters. The number of ether oxygens (including phenoxy) is 1. The molecule has 1 aliphatic rings. The number of hydrogen-bond donors (Lipinski definition) is 1. The summed E-state index contributed by atoms with van der Waals surface area (Å²) in [4.78, 5) is 0. The highest BCUT2D eigenvalue weighted by Gasteiger charge is 2.19. The topological polar surface area (TPSA) is 47.3 Å². The fourth-order valence-corrected chi connectivity index (χ4v) is 2.06. The van der Waals surface area contributed by atoms with Gasteiger partial charge < -0.3 is 14.6 Å². The SMILES string of the molecule is Fc1cccc2c(OC3CCNCC3)noc12. The molecule has 90 valence electrons. The van der Waals surface area contributed by atoms with E-state index < -0.39 is 5.82 Å².